The topological polar surface area (TPSA) is 40.5 Å². The molecule has 0 bridgehead atoms. The van der Waals surface area contributed by atoms with Crippen molar-refractivity contribution in [2.75, 3.05) is 13.1 Å². The highest BCUT2D eigenvalue weighted by Crippen LogP contribution is 2.18. The lowest BCUT2D eigenvalue weighted by Crippen LogP contribution is -2.30. The number of likely N-dealkylation sites (tertiary alicyclic amines) is 1. The number of carbonyl (C=O) groups is 1. The van der Waals surface area contributed by atoms with Crippen molar-refractivity contribution in [1.82, 2.24) is 4.90 Å². The number of aliphatic hydroxyl groups excluding tert-OH is 1. The number of carbonyl (C=O) groups excluding carboxylic acids is 1. The van der Waals surface area contributed by atoms with Gasteiger partial charge in [-0.3, -0.25) is 4.79 Å². The summed E-state index contributed by atoms with van der Waals surface area (Å²) < 4.78 is 0. The van der Waals surface area contributed by atoms with Gasteiger partial charge in [0.25, 0.3) is 0 Å². The first kappa shape index (κ1) is 9.99. The number of amides is 1. The third kappa shape index (κ3) is 2.45. The van der Waals surface area contributed by atoms with E-state index in [1.165, 1.54) is 0 Å². The predicted octanol–water partition coefficient (Wildman–Crippen LogP) is 0.753. The molecule has 1 N–H and O–H groups in total. The summed E-state index contributed by atoms with van der Waals surface area (Å²) in [5, 5.41) is 9.02. The van der Waals surface area contributed by atoms with Crippen LogP contribution in [0.1, 0.15) is 19.8 Å². The Hall–Kier alpha value is -0.0900. The van der Waals surface area contributed by atoms with E-state index in [4.69, 9.17) is 5.11 Å². The molecule has 0 radical (unpaired) electrons. The molecule has 1 aliphatic heterocycles. The lowest BCUT2D eigenvalue weighted by atomic mass is 10.3. The molecule has 1 heterocycles. The lowest BCUT2D eigenvalue weighted by molar-refractivity contribution is -0.127. The minimum absolute atomic E-state index is 0.00602. The van der Waals surface area contributed by atoms with Crippen molar-refractivity contribution in [2.24, 2.45) is 0 Å². The Bertz CT molecular complexity index is 172. The zero-order valence-corrected chi connectivity index (χ0v) is 8.75. The highest BCUT2D eigenvalue weighted by molar-refractivity contribution is 9.10. The third-order valence-corrected chi connectivity index (χ3v) is 2.90. The van der Waals surface area contributed by atoms with Crippen LogP contribution in [0.25, 0.3) is 0 Å². The summed E-state index contributed by atoms with van der Waals surface area (Å²) >= 11 is 3.30. The second-order valence-corrected chi connectivity index (χ2v) is 4.32. The largest absolute Gasteiger partial charge is 0.393 e. The smallest absolute Gasteiger partial charge is 0.236 e. The zero-order valence-electron chi connectivity index (χ0n) is 7.16. The van der Waals surface area contributed by atoms with Crippen LogP contribution in [0.2, 0.25) is 0 Å². The van der Waals surface area contributed by atoms with Crippen LogP contribution in [-0.4, -0.2) is 39.9 Å². The highest BCUT2D eigenvalue weighted by atomic mass is 79.9. The molecule has 1 fully saturated rings. The van der Waals surface area contributed by atoms with Gasteiger partial charge < -0.3 is 10.0 Å². The summed E-state index contributed by atoms with van der Waals surface area (Å²) in [4.78, 5) is 13.1. The van der Waals surface area contributed by atoms with Gasteiger partial charge in [-0.2, -0.15) is 0 Å². The number of aliphatic hydroxyl groups is 1. The third-order valence-electron chi connectivity index (χ3n) is 2.05. The molecule has 1 aliphatic rings. The highest BCUT2D eigenvalue weighted by Gasteiger charge is 2.28. The SMILES string of the molecule is CC(O)CCN1CCC(Br)C1=O. The van der Waals surface area contributed by atoms with Gasteiger partial charge in [0.1, 0.15) is 0 Å². The molecule has 4 heteroatoms. The average molecular weight is 236 g/mol. The Balaban J connectivity index is 2.30. The van der Waals surface area contributed by atoms with E-state index < -0.39 is 0 Å². The first-order chi connectivity index (χ1) is 5.61. The molecule has 1 amide bonds. The van der Waals surface area contributed by atoms with E-state index in [0.29, 0.717) is 13.0 Å². The first-order valence-corrected chi connectivity index (χ1v) is 5.13. The molecule has 2 atom stereocenters. The van der Waals surface area contributed by atoms with Crippen LogP contribution in [0.4, 0.5) is 0 Å². The quantitative estimate of drug-likeness (QED) is 0.734. The average Bonchev–Trinajstić information content (AvgIpc) is 2.30. The van der Waals surface area contributed by atoms with E-state index in [9.17, 15) is 4.79 Å². The van der Waals surface area contributed by atoms with Crippen LogP contribution in [0, 0.1) is 0 Å². The first-order valence-electron chi connectivity index (χ1n) is 4.22. The van der Waals surface area contributed by atoms with E-state index in [2.05, 4.69) is 15.9 Å². The molecule has 0 aromatic rings. The maximum absolute atomic E-state index is 11.3. The molecule has 70 valence electrons. The number of halogens is 1. The fraction of sp³-hybridized carbons (Fsp3) is 0.875. The zero-order chi connectivity index (χ0) is 9.14. The molecular formula is C8H14BrNO2. The molecule has 12 heavy (non-hydrogen) atoms. The van der Waals surface area contributed by atoms with Crippen molar-refractivity contribution in [1.29, 1.82) is 0 Å². The minimum Gasteiger partial charge on any atom is -0.393 e. The van der Waals surface area contributed by atoms with E-state index in [-0.39, 0.29) is 16.8 Å². The Labute approximate surface area is 80.9 Å². The van der Waals surface area contributed by atoms with E-state index in [1.807, 2.05) is 0 Å². The molecule has 3 nitrogen and oxygen atoms in total. The van der Waals surface area contributed by atoms with Gasteiger partial charge in [0.05, 0.1) is 10.9 Å². The summed E-state index contributed by atoms with van der Waals surface area (Å²) in [6.45, 7) is 3.24. The Morgan fingerprint density at radius 1 is 1.83 bits per heavy atom. The van der Waals surface area contributed by atoms with E-state index in [0.717, 1.165) is 13.0 Å². The second kappa shape index (κ2) is 4.23. The van der Waals surface area contributed by atoms with Gasteiger partial charge in [-0.15, -0.1) is 0 Å². The van der Waals surface area contributed by atoms with Gasteiger partial charge in [-0.25, -0.2) is 0 Å². The fourth-order valence-corrected chi connectivity index (χ4v) is 1.76. The van der Waals surface area contributed by atoms with Gasteiger partial charge in [-0.1, -0.05) is 15.9 Å². The monoisotopic (exact) mass is 235 g/mol. The molecule has 0 spiro atoms. The summed E-state index contributed by atoms with van der Waals surface area (Å²) in [5.74, 6) is 0.163. The van der Waals surface area contributed by atoms with Crippen molar-refractivity contribution in [3.05, 3.63) is 0 Å². The Morgan fingerprint density at radius 2 is 2.50 bits per heavy atom. The van der Waals surface area contributed by atoms with Crippen molar-refractivity contribution in [3.8, 4) is 0 Å². The molecule has 0 aromatic carbocycles. The molecule has 1 rings (SSSR count). The van der Waals surface area contributed by atoms with Crippen LogP contribution in [0.5, 0.6) is 0 Å². The van der Waals surface area contributed by atoms with Gasteiger partial charge in [0.15, 0.2) is 0 Å². The van der Waals surface area contributed by atoms with Gasteiger partial charge in [0.2, 0.25) is 5.91 Å². The molecular weight excluding hydrogens is 222 g/mol. The Kier molecular flexibility index (Phi) is 3.53. The van der Waals surface area contributed by atoms with Crippen LogP contribution >= 0.6 is 15.9 Å². The maximum atomic E-state index is 11.3. The maximum Gasteiger partial charge on any atom is 0.236 e. The summed E-state index contributed by atoms with van der Waals surface area (Å²) in [6.07, 6.45) is 1.25. The normalized spacial score (nSPS) is 26.4. The molecule has 0 aliphatic carbocycles. The Morgan fingerprint density at radius 3 is 2.92 bits per heavy atom. The van der Waals surface area contributed by atoms with Crippen molar-refractivity contribution in [2.45, 2.75) is 30.7 Å². The van der Waals surface area contributed by atoms with Gasteiger partial charge >= 0.3 is 0 Å². The molecule has 2 unspecified atom stereocenters. The summed E-state index contributed by atoms with van der Waals surface area (Å²) in [6, 6.07) is 0. The van der Waals surface area contributed by atoms with Crippen LogP contribution < -0.4 is 0 Å². The number of nitrogens with zero attached hydrogens (tertiary/aromatic N) is 1. The van der Waals surface area contributed by atoms with E-state index in [1.54, 1.807) is 11.8 Å². The second-order valence-electron chi connectivity index (χ2n) is 3.22. The number of rotatable bonds is 3. The van der Waals surface area contributed by atoms with Crippen LogP contribution in [-0.2, 0) is 4.79 Å². The standard InChI is InChI=1S/C8H14BrNO2/c1-6(11)2-4-10-5-3-7(9)8(10)12/h6-7,11H,2-5H2,1H3. The molecule has 0 aromatic heterocycles. The molecule has 0 saturated carbocycles. The van der Waals surface area contributed by atoms with Crippen LogP contribution in [0.15, 0.2) is 0 Å². The van der Waals surface area contributed by atoms with Crippen molar-refractivity contribution in [3.63, 3.8) is 0 Å². The summed E-state index contributed by atoms with van der Waals surface area (Å²) in [5.41, 5.74) is 0. The summed E-state index contributed by atoms with van der Waals surface area (Å²) in [7, 11) is 0. The fourth-order valence-electron chi connectivity index (χ4n) is 1.27. The van der Waals surface area contributed by atoms with E-state index >= 15 is 0 Å². The van der Waals surface area contributed by atoms with Crippen LogP contribution in [0.3, 0.4) is 0 Å². The molecule has 1 saturated heterocycles. The van der Waals surface area contributed by atoms with Gasteiger partial charge in [-0.05, 0) is 19.8 Å². The number of alkyl halides is 1. The predicted molar refractivity (Wildman–Crippen MR) is 50.2 cm³/mol. The number of hydrogen-bond acceptors (Lipinski definition) is 2. The van der Waals surface area contributed by atoms with Crippen molar-refractivity contribution < 1.29 is 9.90 Å². The van der Waals surface area contributed by atoms with Crippen molar-refractivity contribution >= 4 is 21.8 Å². The van der Waals surface area contributed by atoms with Gasteiger partial charge in [0, 0.05) is 13.1 Å². The minimum atomic E-state index is -0.313. The lowest BCUT2D eigenvalue weighted by Gasteiger charge is -2.16. The number of hydrogen-bond donors (Lipinski definition) is 1.